The molecule has 0 spiro atoms. The minimum Gasteiger partial charge on any atom is -0.413 e. The molecule has 0 atom stereocenters. The van der Waals surface area contributed by atoms with Gasteiger partial charge in [0.1, 0.15) is 5.82 Å². The lowest BCUT2D eigenvalue weighted by atomic mass is 10.1. The fraction of sp³-hybridized carbons (Fsp3) is 0.400. The van der Waals surface area contributed by atoms with E-state index < -0.39 is 23.8 Å². The van der Waals surface area contributed by atoms with Crippen LogP contribution in [0.3, 0.4) is 0 Å². The average Bonchev–Trinajstić information content (AvgIpc) is 3.11. The van der Waals surface area contributed by atoms with Gasteiger partial charge in [-0.25, -0.2) is 9.18 Å². The highest BCUT2D eigenvalue weighted by Crippen LogP contribution is 2.30. The fourth-order valence-corrected chi connectivity index (χ4v) is 2.33. The van der Waals surface area contributed by atoms with E-state index in [1.54, 1.807) is 4.90 Å². The van der Waals surface area contributed by atoms with E-state index in [4.69, 9.17) is 4.74 Å². The Hall–Kier alpha value is -2.69. The standard InChI is InChI=1S/C15H14F4N4O3/c16-11-7-9(12-21-22-13(26-12)15(17,18)19)1-2-10(11)8-20-14(24)23-3-5-25-6-4-23/h1-2,7H,3-6,8H2,(H,20,24). The first-order valence-electron chi connectivity index (χ1n) is 7.64. The van der Waals surface area contributed by atoms with Gasteiger partial charge in [0.15, 0.2) is 0 Å². The molecule has 0 saturated carbocycles. The predicted molar refractivity (Wildman–Crippen MR) is 79.3 cm³/mol. The first-order valence-corrected chi connectivity index (χ1v) is 7.64. The third-order valence-corrected chi connectivity index (χ3v) is 3.70. The van der Waals surface area contributed by atoms with Crippen LogP contribution in [0.5, 0.6) is 0 Å². The van der Waals surface area contributed by atoms with Crippen LogP contribution < -0.4 is 5.32 Å². The van der Waals surface area contributed by atoms with E-state index in [2.05, 4.69) is 19.9 Å². The number of benzene rings is 1. The number of ether oxygens (including phenoxy) is 1. The summed E-state index contributed by atoms with van der Waals surface area (Å²) >= 11 is 0. The van der Waals surface area contributed by atoms with Crippen molar-refractivity contribution in [1.82, 2.24) is 20.4 Å². The Morgan fingerprint density at radius 1 is 1.23 bits per heavy atom. The molecule has 1 aromatic heterocycles. The molecule has 1 saturated heterocycles. The zero-order chi connectivity index (χ0) is 18.7. The zero-order valence-electron chi connectivity index (χ0n) is 13.3. The van der Waals surface area contributed by atoms with Gasteiger partial charge in [0, 0.05) is 30.8 Å². The molecule has 3 rings (SSSR count). The highest BCUT2D eigenvalue weighted by molar-refractivity contribution is 5.74. The molecule has 2 aromatic rings. The molecule has 26 heavy (non-hydrogen) atoms. The number of rotatable bonds is 3. The minimum absolute atomic E-state index is 0.00811. The molecule has 1 aliphatic rings. The van der Waals surface area contributed by atoms with Crippen molar-refractivity contribution in [2.75, 3.05) is 26.3 Å². The van der Waals surface area contributed by atoms with Crippen molar-refractivity contribution in [3.63, 3.8) is 0 Å². The Morgan fingerprint density at radius 2 is 1.96 bits per heavy atom. The molecule has 140 valence electrons. The van der Waals surface area contributed by atoms with Crippen LogP contribution in [0.15, 0.2) is 22.6 Å². The van der Waals surface area contributed by atoms with E-state index >= 15 is 0 Å². The molecular weight excluding hydrogens is 360 g/mol. The average molecular weight is 374 g/mol. The lowest BCUT2D eigenvalue weighted by molar-refractivity contribution is -0.156. The van der Waals surface area contributed by atoms with Gasteiger partial charge in [0.05, 0.1) is 13.2 Å². The number of hydrogen-bond acceptors (Lipinski definition) is 5. The summed E-state index contributed by atoms with van der Waals surface area (Å²) in [5.41, 5.74) is 0.180. The number of hydrogen-bond donors (Lipinski definition) is 1. The summed E-state index contributed by atoms with van der Waals surface area (Å²) in [7, 11) is 0. The highest BCUT2D eigenvalue weighted by Gasteiger charge is 2.38. The van der Waals surface area contributed by atoms with E-state index in [-0.39, 0.29) is 23.7 Å². The molecule has 1 N–H and O–H groups in total. The third kappa shape index (κ3) is 4.10. The molecule has 0 bridgehead atoms. The van der Waals surface area contributed by atoms with Crippen LogP contribution in [-0.2, 0) is 17.5 Å². The van der Waals surface area contributed by atoms with Gasteiger partial charge < -0.3 is 19.4 Å². The van der Waals surface area contributed by atoms with Crippen LogP contribution in [0.4, 0.5) is 22.4 Å². The maximum absolute atomic E-state index is 14.2. The second-order valence-electron chi connectivity index (χ2n) is 5.47. The number of amides is 2. The summed E-state index contributed by atoms with van der Waals surface area (Å²) in [4.78, 5) is 13.5. The summed E-state index contributed by atoms with van der Waals surface area (Å²) in [6.45, 7) is 1.72. The van der Waals surface area contributed by atoms with E-state index in [9.17, 15) is 22.4 Å². The quantitative estimate of drug-likeness (QED) is 0.835. The second kappa shape index (κ2) is 7.28. The van der Waals surface area contributed by atoms with Crippen LogP contribution in [-0.4, -0.2) is 47.4 Å². The smallest absolute Gasteiger partial charge is 0.413 e. The molecule has 7 nitrogen and oxygen atoms in total. The Kier molecular flexibility index (Phi) is 5.07. The van der Waals surface area contributed by atoms with Crippen LogP contribution in [0.25, 0.3) is 11.5 Å². The van der Waals surface area contributed by atoms with Crippen molar-refractivity contribution in [3.05, 3.63) is 35.5 Å². The zero-order valence-corrected chi connectivity index (χ0v) is 13.3. The number of urea groups is 1. The van der Waals surface area contributed by atoms with Gasteiger partial charge >= 0.3 is 18.1 Å². The van der Waals surface area contributed by atoms with Crippen molar-refractivity contribution < 1.29 is 31.5 Å². The summed E-state index contributed by atoms with van der Waals surface area (Å²) in [6, 6.07) is 3.31. The number of nitrogens with zero attached hydrogens (tertiary/aromatic N) is 3. The van der Waals surface area contributed by atoms with Crippen molar-refractivity contribution in [3.8, 4) is 11.5 Å². The van der Waals surface area contributed by atoms with Crippen molar-refractivity contribution >= 4 is 6.03 Å². The molecule has 1 aromatic carbocycles. The van der Waals surface area contributed by atoms with Crippen LogP contribution in [0.2, 0.25) is 0 Å². The normalized spacial score (nSPS) is 15.2. The Morgan fingerprint density at radius 3 is 2.58 bits per heavy atom. The lowest BCUT2D eigenvalue weighted by Crippen LogP contribution is -2.45. The highest BCUT2D eigenvalue weighted by atomic mass is 19.4. The van der Waals surface area contributed by atoms with Gasteiger partial charge in [-0.2, -0.15) is 13.2 Å². The number of halogens is 4. The van der Waals surface area contributed by atoms with E-state index in [0.29, 0.717) is 26.3 Å². The second-order valence-corrected chi connectivity index (χ2v) is 5.47. The van der Waals surface area contributed by atoms with Gasteiger partial charge in [-0.3, -0.25) is 0 Å². The number of carbonyl (C=O) groups is 1. The Balaban J connectivity index is 1.65. The minimum atomic E-state index is -4.77. The van der Waals surface area contributed by atoms with E-state index in [0.717, 1.165) is 6.07 Å². The molecule has 11 heteroatoms. The monoisotopic (exact) mass is 374 g/mol. The molecule has 2 amide bonds. The topological polar surface area (TPSA) is 80.5 Å². The third-order valence-electron chi connectivity index (χ3n) is 3.70. The van der Waals surface area contributed by atoms with Gasteiger partial charge in [-0.15, -0.1) is 10.2 Å². The number of morpholine rings is 1. The number of alkyl halides is 3. The first-order chi connectivity index (χ1) is 12.3. The largest absolute Gasteiger partial charge is 0.470 e. The first kappa shape index (κ1) is 18.1. The summed E-state index contributed by atoms with van der Waals surface area (Å²) in [5.74, 6) is -2.66. The van der Waals surface area contributed by atoms with Crippen molar-refractivity contribution in [1.29, 1.82) is 0 Å². The van der Waals surface area contributed by atoms with Gasteiger partial charge in [0.2, 0.25) is 5.89 Å². The molecule has 0 unspecified atom stereocenters. The van der Waals surface area contributed by atoms with E-state index in [1.807, 2.05) is 0 Å². The van der Waals surface area contributed by atoms with Crippen LogP contribution >= 0.6 is 0 Å². The van der Waals surface area contributed by atoms with E-state index in [1.165, 1.54) is 12.1 Å². The van der Waals surface area contributed by atoms with Crippen LogP contribution in [0, 0.1) is 5.82 Å². The summed E-state index contributed by atoms with van der Waals surface area (Å²) < 4.78 is 61.2. The maximum Gasteiger partial charge on any atom is 0.470 e. The molecule has 1 fully saturated rings. The number of nitrogens with one attached hydrogen (secondary N) is 1. The SMILES string of the molecule is O=C(NCc1ccc(-c2nnc(C(F)(F)F)o2)cc1F)N1CCOCC1. The number of aromatic nitrogens is 2. The van der Waals surface area contributed by atoms with Gasteiger partial charge in [0.25, 0.3) is 0 Å². The molecule has 0 radical (unpaired) electrons. The predicted octanol–water partition coefficient (Wildman–Crippen LogP) is 2.44. The Labute approximate surface area is 144 Å². The maximum atomic E-state index is 14.2. The molecule has 2 heterocycles. The fourth-order valence-electron chi connectivity index (χ4n) is 2.33. The molecular formula is C15H14F4N4O3. The summed E-state index contributed by atoms with van der Waals surface area (Å²) in [5, 5.41) is 8.74. The van der Waals surface area contributed by atoms with Gasteiger partial charge in [-0.05, 0) is 12.1 Å². The Bertz CT molecular complexity index is 787. The summed E-state index contributed by atoms with van der Waals surface area (Å²) in [6.07, 6.45) is -4.77. The molecule has 0 aliphatic carbocycles. The lowest BCUT2D eigenvalue weighted by Gasteiger charge is -2.26. The van der Waals surface area contributed by atoms with Gasteiger partial charge in [-0.1, -0.05) is 6.07 Å². The molecule has 1 aliphatic heterocycles. The van der Waals surface area contributed by atoms with Crippen molar-refractivity contribution in [2.24, 2.45) is 0 Å². The van der Waals surface area contributed by atoms with Crippen LogP contribution in [0.1, 0.15) is 11.5 Å². The van der Waals surface area contributed by atoms with Crippen molar-refractivity contribution in [2.45, 2.75) is 12.7 Å². The number of carbonyl (C=O) groups excluding carboxylic acids is 1.